The van der Waals surface area contributed by atoms with Gasteiger partial charge in [0.15, 0.2) is 11.5 Å². The number of hydrogen-bond donors (Lipinski definition) is 2. The van der Waals surface area contributed by atoms with Gasteiger partial charge >= 0.3 is 0 Å². The van der Waals surface area contributed by atoms with Gasteiger partial charge in [0.05, 0.1) is 23.7 Å². The first-order valence-corrected chi connectivity index (χ1v) is 10.7. The molecule has 3 aromatic rings. The van der Waals surface area contributed by atoms with Gasteiger partial charge in [0.2, 0.25) is 16.8 Å². The monoisotopic (exact) mass is 428 g/mol. The van der Waals surface area contributed by atoms with E-state index in [4.69, 9.17) is 13.9 Å². The first-order valence-electron chi connectivity index (χ1n) is 9.25. The van der Waals surface area contributed by atoms with Crippen molar-refractivity contribution in [1.82, 2.24) is 10.0 Å². The summed E-state index contributed by atoms with van der Waals surface area (Å²) in [6, 6.07) is 14.3. The fraction of sp³-hybridized carbons (Fsp3) is 0.190. The van der Waals surface area contributed by atoms with Crippen molar-refractivity contribution in [1.29, 1.82) is 0 Å². The van der Waals surface area contributed by atoms with Gasteiger partial charge in [-0.25, -0.2) is 13.1 Å². The second-order valence-electron chi connectivity index (χ2n) is 6.74. The Kier molecular flexibility index (Phi) is 5.47. The van der Waals surface area contributed by atoms with Crippen molar-refractivity contribution in [3.05, 3.63) is 77.7 Å². The molecule has 2 heterocycles. The molecule has 8 nitrogen and oxygen atoms in total. The molecule has 2 N–H and O–H groups in total. The molecule has 0 spiro atoms. The number of rotatable bonds is 7. The zero-order chi connectivity index (χ0) is 21.1. The molecule has 1 aliphatic rings. The number of hydrogen-bond acceptors (Lipinski definition) is 6. The first kappa shape index (κ1) is 20.0. The van der Waals surface area contributed by atoms with E-state index in [1.165, 1.54) is 30.5 Å². The van der Waals surface area contributed by atoms with Crippen LogP contribution < -0.4 is 19.5 Å². The summed E-state index contributed by atoms with van der Waals surface area (Å²) in [5.41, 5.74) is 1.22. The zero-order valence-electron chi connectivity index (χ0n) is 16.1. The number of amides is 1. The van der Waals surface area contributed by atoms with Crippen LogP contribution in [0.4, 0.5) is 0 Å². The van der Waals surface area contributed by atoms with Crippen LogP contribution >= 0.6 is 0 Å². The van der Waals surface area contributed by atoms with E-state index in [0.29, 0.717) is 22.8 Å². The molecule has 30 heavy (non-hydrogen) atoms. The number of benzene rings is 2. The van der Waals surface area contributed by atoms with Crippen molar-refractivity contribution < 1.29 is 27.1 Å². The van der Waals surface area contributed by atoms with E-state index in [0.717, 1.165) is 5.56 Å². The second-order valence-corrected chi connectivity index (χ2v) is 8.50. The van der Waals surface area contributed by atoms with Gasteiger partial charge in [0.25, 0.3) is 5.91 Å². The minimum Gasteiger partial charge on any atom is -0.468 e. The predicted molar refractivity (Wildman–Crippen MR) is 108 cm³/mol. The molecule has 0 saturated carbocycles. The van der Waals surface area contributed by atoms with Gasteiger partial charge in [-0.15, -0.1) is 0 Å². The minimum atomic E-state index is -3.72. The lowest BCUT2D eigenvalue weighted by molar-refractivity contribution is 0.0939. The van der Waals surface area contributed by atoms with Crippen molar-refractivity contribution >= 4 is 15.9 Å². The molecule has 1 amide bonds. The van der Waals surface area contributed by atoms with Crippen LogP contribution in [0.3, 0.4) is 0 Å². The topological polar surface area (TPSA) is 107 Å². The van der Waals surface area contributed by atoms with E-state index in [1.54, 1.807) is 18.2 Å². The standard InChI is InChI=1S/C21H20N2O6S/c1-14(16-6-9-19-20(11-16)29-13-28-19)23-21(24)15-4-7-18(8-5-15)30(25,26)22-12-17-3-2-10-27-17/h2-11,14,22H,12-13H2,1H3,(H,23,24). The lowest BCUT2D eigenvalue weighted by Crippen LogP contribution is -2.27. The molecule has 0 bridgehead atoms. The zero-order valence-corrected chi connectivity index (χ0v) is 16.9. The summed E-state index contributed by atoms with van der Waals surface area (Å²) in [6.45, 7) is 2.09. The fourth-order valence-electron chi connectivity index (χ4n) is 2.99. The number of fused-ring (bicyclic) bond motifs is 1. The summed E-state index contributed by atoms with van der Waals surface area (Å²) in [7, 11) is -3.72. The average Bonchev–Trinajstić information content (AvgIpc) is 3.43. The van der Waals surface area contributed by atoms with Crippen molar-refractivity contribution in [2.45, 2.75) is 24.4 Å². The Bertz CT molecular complexity index is 1140. The van der Waals surface area contributed by atoms with Crippen LogP contribution in [0.1, 0.15) is 34.6 Å². The summed E-state index contributed by atoms with van der Waals surface area (Å²) in [5, 5.41) is 2.89. The van der Waals surface area contributed by atoms with E-state index in [9.17, 15) is 13.2 Å². The molecule has 9 heteroatoms. The molecule has 0 saturated heterocycles. The lowest BCUT2D eigenvalue weighted by Gasteiger charge is -2.15. The molecule has 1 atom stereocenters. The van der Waals surface area contributed by atoms with E-state index >= 15 is 0 Å². The summed E-state index contributed by atoms with van der Waals surface area (Å²) in [4.78, 5) is 12.6. The molecule has 0 fully saturated rings. The van der Waals surface area contributed by atoms with Gasteiger partial charge in [-0.05, 0) is 61.0 Å². The number of furan rings is 1. The van der Waals surface area contributed by atoms with E-state index in [1.807, 2.05) is 19.1 Å². The van der Waals surface area contributed by atoms with Crippen molar-refractivity contribution in [2.75, 3.05) is 6.79 Å². The Morgan fingerprint density at radius 2 is 1.83 bits per heavy atom. The molecular formula is C21H20N2O6S. The summed E-state index contributed by atoms with van der Waals surface area (Å²) in [6.07, 6.45) is 1.47. The third-order valence-electron chi connectivity index (χ3n) is 4.69. The van der Waals surface area contributed by atoms with Crippen molar-refractivity contribution in [3.8, 4) is 11.5 Å². The summed E-state index contributed by atoms with van der Waals surface area (Å²) < 4.78 is 43.0. The third-order valence-corrected chi connectivity index (χ3v) is 6.10. The van der Waals surface area contributed by atoms with Crippen molar-refractivity contribution in [2.24, 2.45) is 0 Å². The van der Waals surface area contributed by atoms with Gasteiger partial charge in [-0.3, -0.25) is 4.79 Å². The van der Waals surface area contributed by atoms with Crippen LogP contribution in [0.5, 0.6) is 11.5 Å². The molecule has 1 unspecified atom stereocenters. The van der Waals surface area contributed by atoms with Crippen LogP contribution in [0, 0.1) is 0 Å². The minimum absolute atomic E-state index is 0.0462. The van der Waals surface area contributed by atoms with Gasteiger partial charge in [-0.2, -0.15) is 0 Å². The highest BCUT2D eigenvalue weighted by Gasteiger charge is 2.19. The van der Waals surface area contributed by atoms with Crippen LogP contribution in [0.25, 0.3) is 0 Å². The third kappa shape index (κ3) is 4.32. The number of ether oxygens (including phenoxy) is 2. The summed E-state index contributed by atoms with van der Waals surface area (Å²) in [5.74, 6) is 1.51. The fourth-order valence-corrected chi connectivity index (χ4v) is 3.99. The van der Waals surface area contributed by atoms with Crippen LogP contribution in [-0.2, 0) is 16.6 Å². The number of sulfonamides is 1. The molecule has 4 rings (SSSR count). The maximum atomic E-state index is 12.6. The highest BCUT2D eigenvalue weighted by atomic mass is 32.2. The largest absolute Gasteiger partial charge is 0.468 e. The Balaban J connectivity index is 1.40. The predicted octanol–water partition coefficient (Wildman–Crippen LogP) is 2.98. The number of carbonyl (C=O) groups is 1. The maximum Gasteiger partial charge on any atom is 0.251 e. The quantitative estimate of drug-likeness (QED) is 0.599. The Morgan fingerprint density at radius 3 is 2.57 bits per heavy atom. The first-order chi connectivity index (χ1) is 14.4. The Morgan fingerprint density at radius 1 is 1.07 bits per heavy atom. The maximum absolute atomic E-state index is 12.6. The molecule has 0 radical (unpaired) electrons. The van der Waals surface area contributed by atoms with Crippen molar-refractivity contribution in [3.63, 3.8) is 0 Å². The number of nitrogens with one attached hydrogen (secondary N) is 2. The van der Waals surface area contributed by atoms with Gasteiger partial charge in [0, 0.05) is 5.56 Å². The normalized spacial score (nSPS) is 13.8. The highest BCUT2D eigenvalue weighted by Crippen LogP contribution is 2.34. The Labute approximate surface area is 173 Å². The van der Waals surface area contributed by atoms with E-state index in [2.05, 4.69) is 10.0 Å². The van der Waals surface area contributed by atoms with E-state index in [-0.39, 0.29) is 30.2 Å². The molecule has 1 aromatic heterocycles. The van der Waals surface area contributed by atoms with Crippen LogP contribution in [0.2, 0.25) is 0 Å². The Hall–Kier alpha value is -3.30. The smallest absolute Gasteiger partial charge is 0.251 e. The van der Waals surface area contributed by atoms with Crippen LogP contribution in [0.15, 0.2) is 70.2 Å². The molecule has 1 aliphatic heterocycles. The van der Waals surface area contributed by atoms with Gasteiger partial charge < -0.3 is 19.2 Å². The van der Waals surface area contributed by atoms with Gasteiger partial charge in [-0.1, -0.05) is 6.07 Å². The molecule has 0 aliphatic carbocycles. The lowest BCUT2D eigenvalue weighted by atomic mass is 10.1. The SMILES string of the molecule is CC(NC(=O)c1ccc(S(=O)(=O)NCc2ccco2)cc1)c1ccc2c(c1)OCO2. The summed E-state index contributed by atoms with van der Waals surface area (Å²) >= 11 is 0. The van der Waals surface area contributed by atoms with E-state index < -0.39 is 10.0 Å². The molecular weight excluding hydrogens is 408 g/mol. The van der Waals surface area contributed by atoms with Gasteiger partial charge in [0.1, 0.15) is 5.76 Å². The number of carbonyl (C=O) groups excluding carboxylic acids is 1. The molecule has 156 valence electrons. The van der Waals surface area contributed by atoms with Crippen LogP contribution in [-0.4, -0.2) is 21.1 Å². The second kappa shape index (κ2) is 8.21. The highest BCUT2D eigenvalue weighted by molar-refractivity contribution is 7.89. The average molecular weight is 428 g/mol. The molecule has 2 aromatic carbocycles.